The van der Waals surface area contributed by atoms with Crippen molar-refractivity contribution in [3.05, 3.63) is 29.3 Å². The van der Waals surface area contributed by atoms with Crippen molar-refractivity contribution in [2.45, 2.75) is 38.7 Å². The van der Waals surface area contributed by atoms with Gasteiger partial charge in [0.1, 0.15) is 11.9 Å². The van der Waals surface area contributed by atoms with Crippen molar-refractivity contribution in [1.29, 1.82) is 0 Å². The quantitative estimate of drug-likeness (QED) is 0.804. The van der Waals surface area contributed by atoms with Gasteiger partial charge in [-0.1, -0.05) is 26.0 Å². The van der Waals surface area contributed by atoms with E-state index >= 15 is 0 Å². The maximum Gasteiger partial charge on any atom is 0.123 e. The molecule has 2 rings (SSSR count). The predicted octanol–water partition coefficient (Wildman–Crippen LogP) is 2.28. The van der Waals surface area contributed by atoms with Crippen molar-refractivity contribution in [2.75, 3.05) is 6.61 Å². The van der Waals surface area contributed by atoms with Gasteiger partial charge in [0, 0.05) is 17.4 Å². The van der Waals surface area contributed by atoms with Gasteiger partial charge >= 0.3 is 0 Å². The number of fused-ring (bicyclic) bond motifs is 1. The van der Waals surface area contributed by atoms with Crippen LogP contribution < -0.4 is 4.74 Å². The lowest BCUT2D eigenvalue weighted by atomic mass is 9.81. The fraction of sp³-hybridized carbons (Fsp3) is 0.538. The molecular formula is C13H18O2. The van der Waals surface area contributed by atoms with E-state index in [0.717, 1.165) is 12.2 Å². The summed E-state index contributed by atoms with van der Waals surface area (Å²) < 4.78 is 5.71. The second-order valence-electron chi connectivity index (χ2n) is 4.96. The molecule has 1 aromatic rings. The molecule has 1 N–H and O–H groups in total. The molecule has 1 aliphatic rings. The highest BCUT2D eigenvalue weighted by Crippen LogP contribution is 2.37. The van der Waals surface area contributed by atoms with Crippen molar-refractivity contribution in [1.82, 2.24) is 0 Å². The Balaban J connectivity index is 2.47. The molecule has 0 bridgehead atoms. The maximum atomic E-state index is 9.40. The molecule has 1 aliphatic heterocycles. The zero-order chi connectivity index (χ0) is 11.1. The fourth-order valence-corrected chi connectivity index (χ4v) is 2.15. The standard InChI is InChI=1S/C13H18O2/c1-9-7-10-11(13(2,3)8-14)5-4-6-12(10)15-9/h4-6,9,14H,7-8H2,1-3H3. The molecule has 1 aromatic carbocycles. The van der Waals surface area contributed by atoms with E-state index in [1.54, 1.807) is 0 Å². The molecule has 0 aromatic heterocycles. The minimum absolute atomic E-state index is 0.165. The number of rotatable bonds is 2. The molecule has 0 saturated heterocycles. The first kappa shape index (κ1) is 10.5. The molecule has 0 spiro atoms. The molecule has 1 heterocycles. The Labute approximate surface area is 90.9 Å². The number of benzene rings is 1. The largest absolute Gasteiger partial charge is 0.490 e. The first-order valence-electron chi connectivity index (χ1n) is 5.44. The molecule has 2 nitrogen and oxygen atoms in total. The van der Waals surface area contributed by atoms with Crippen molar-refractivity contribution in [3.63, 3.8) is 0 Å². The average molecular weight is 206 g/mol. The van der Waals surface area contributed by atoms with Gasteiger partial charge in [-0.2, -0.15) is 0 Å². The molecule has 0 aliphatic carbocycles. The Morgan fingerprint density at radius 3 is 2.87 bits per heavy atom. The molecule has 0 radical (unpaired) electrons. The highest BCUT2D eigenvalue weighted by molar-refractivity contribution is 5.46. The summed E-state index contributed by atoms with van der Waals surface area (Å²) in [6, 6.07) is 6.11. The van der Waals surface area contributed by atoms with Gasteiger partial charge in [-0.05, 0) is 18.6 Å². The topological polar surface area (TPSA) is 29.5 Å². The minimum Gasteiger partial charge on any atom is -0.490 e. The number of aliphatic hydroxyl groups excluding tert-OH is 1. The van der Waals surface area contributed by atoms with Crippen LogP contribution in [0.4, 0.5) is 0 Å². The van der Waals surface area contributed by atoms with Gasteiger partial charge < -0.3 is 9.84 Å². The molecular weight excluding hydrogens is 188 g/mol. The summed E-state index contributed by atoms with van der Waals surface area (Å²) in [6.45, 7) is 6.37. The highest BCUT2D eigenvalue weighted by Gasteiger charge is 2.29. The summed E-state index contributed by atoms with van der Waals surface area (Å²) in [5, 5.41) is 9.40. The van der Waals surface area contributed by atoms with Gasteiger partial charge in [0.2, 0.25) is 0 Å². The number of hydrogen-bond donors (Lipinski definition) is 1. The first-order chi connectivity index (χ1) is 7.04. The smallest absolute Gasteiger partial charge is 0.123 e. The van der Waals surface area contributed by atoms with Gasteiger partial charge in [-0.25, -0.2) is 0 Å². The van der Waals surface area contributed by atoms with Crippen LogP contribution in [0, 0.1) is 0 Å². The zero-order valence-corrected chi connectivity index (χ0v) is 9.58. The Morgan fingerprint density at radius 2 is 2.20 bits per heavy atom. The van der Waals surface area contributed by atoms with Crippen molar-refractivity contribution < 1.29 is 9.84 Å². The summed E-state index contributed by atoms with van der Waals surface area (Å²) >= 11 is 0. The van der Waals surface area contributed by atoms with E-state index in [9.17, 15) is 5.11 Å². The predicted molar refractivity (Wildman–Crippen MR) is 60.3 cm³/mol. The Kier molecular flexibility index (Phi) is 2.47. The van der Waals surface area contributed by atoms with E-state index in [-0.39, 0.29) is 18.1 Å². The van der Waals surface area contributed by atoms with Crippen molar-refractivity contribution in [2.24, 2.45) is 0 Å². The Morgan fingerprint density at radius 1 is 1.47 bits per heavy atom. The van der Waals surface area contributed by atoms with Crippen LogP contribution in [0.1, 0.15) is 31.9 Å². The fourth-order valence-electron chi connectivity index (χ4n) is 2.15. The van der Waals surface area contributed by atoms with E-state index in [1.807, 2.05) is 12.1 Å². The van der Waals surface area contributed by atoms with E-state index in [0.29, 0.717) is 0 Å². The summed E-state index contributed by atoms with van der Waals surface area (Å²) in [5.74, 6) is 0.988. The summed E-state index contributed by atoms with van der Waals surface area (Å²) in [4.78, 5) is 0. The normalized spacial score (nSPS) is 19.9. The molecule has 1 unspecified atom stereocenters. The van der Waals surface area contributed by atoms with E-state index in [2.05, 4.69) is 26.8 Å². The molecule has 2 heteroatoms. The summed E-state index contributed by atoms with van der Waals surface area (Å²) in [6.07, 6.45) is 1.21. The monoisotopic (exact) mass is 206 g/mol. The van der Waals surface area contributed by atoms with Crippen LogP contribution in [0.15, 0.2) is 18.2 Å². The van der Waals surface area contributed by atoms with Crippen LogP contribution in [-0.2, 0) is 11.8 Å². The minimum atomic E-state index is -0.182. The number of hydrogen-bond acceptors (Lipinski definition) is 2. The first-order valence-corrected chi connectivity index (χ1v) is 5.44. The van der Waals surface area contributed by atoms with E-state index in [1.165, 1.54) is 11.1 Å². The van der Waals surface area contributed by atoms with Crippen molar-refractivity contribution in [3.8, 4) is 5.75 Å². The molecule has 0 amide bonds. The lowest BCUT2D eigenvalue weighted by Gasteiger charge is -2.24. The summed E-state index contributed by atoms with van der Waals surface area (Å²) in [7, 11) is 0. The highest BCUT2D eigenvalue weighted by atomic mass is 16.5. The van der Waals surface area contributed by atoms with Crippen LogP contribution in [0.25, 0.3) is 0 Å². The molecule has 0 fully saturated rings. The molecule has 0 saturated carbocycles. The third-order valence-electron chi connectivity index (χ3n) is 3.08. The molecule has 15 heavy (non-hydrogen) atoms. The van der Waals surface area contributed by atoms with Gasteiger partial charge in [0.05, 0.1) is 6.61 Å². The van der Waals surface area contributed by atoms with Gasteiger partial charge in [0.15, 0.2) is 0 Å². The second-order valence-corrected chi connectivity index (χ2v) is 4.96. The third kappa shape index (κ3) is 1.74. The Hall–Kier alpha value is -1.02. The van der Waals surface area contributed by atoms with E-state index in [4.69, 9.17) is 4.74 Å². The van der Waals surface area contributed by atoms with Crippen molar-refractivity contribution >= 4 is 0 Å². The lowest BCUT2D eigenvalue weighted by Crippen LogP contribution is -2.23. The van der Waals surface area contributed by atoms with Crippen LogP contribution in [-0.4, -0.2) is 17.8 Å². The molecule has 1 atom stereocenters. The van der Waals surface area contributed by atoms with Gasteiger partial charge in [-0.15, -0.1) is 0 Å². The number of aliphatic hydroxyl groups is 1. The van der Waals surface area contributed by atoms with Crippen LogP contribution in [0.5, 0.6) is 5.75 Å². The SMILES string of the molecule is CC1Cc2c(cccc2C(C)(C)CO)O1. The second kappa shape index (κ2) is 3.53. The van der Waals surface area contributed by atoms with Crippen LogP contribution >= 0.6 is 0 Å². The average Bonchev–Trinajstić information content (AvgIpc) is 2.57. The third-order valence-corrected chi connectivity index (χ3v) is 3.08. The van der Waals surface area contributed by atoms with Gasteiger partial charge in [-0.3, -0.25) is 0 Å². The Bertz CT molecular complexity index is 369. The maximum absolute atomic E-state index is 9.40. The lowest BCUT2D eigenvalue weighted by molar-refractivity contribution is 0.218. The van der Waals surface area contributed by atoms with Crippen LogP contribution in [0.3, 0.4) is 0 Å². The van der Waals surface area contributed by atoms with Gasteiger partial charge in [0.25, 0.3) is 0 Å². The zero-order valence-electron chi connectivity index (χ0n) is 9.58. The van der Waals surface area contributed by atoms with E-state index < -0.39 is 0 Å². The summed E-state index contributed by atoms with van der Waals surface area (Å²) in [5.41, 5.74) is 2.30. The van der Waals surface area contributed by atoms with Crippen LogP contribution in [0.2, 0.25) is 0 Å². The molecule has 82 valence electrons. The number of ether oxygens (including phenoxy) is 1.